The summed E-state index contributed by atoms with van der Waals surface area (Å²) < 4.78 is 1.75. The maximum atomic E-state index is 13.7. The summed E-state index contributed by atoms with van der Waals surface area (Å²) in [5.41, 5.74) is 3.04. The fourth-order valence-corrected chi connectivity index (χ4v) is 4.72. The van der Waals surface area contributed by atoms with Gasteiger partial charge in [-0.25, -0.2) is 4.98 Å². The molecule has 0 radical (unpaired) electrons. The standard InChI is InChI=1S/C25H23N3OS/c1-19-12-14-21(15-13-19)25(30-22-10-6-3-7-11-22)23(16-28-18-26-17-27-28)24(29)20-8-4-2-5-9-20/h2-15,17-18,23,25H,16H2,1H3/t23-,25-/m1/s1. The van der Waals surface area contributed by atoms with Gasteiger partial charge in [0.1, 0.15) is 12.7 Å². The van der Waals surface area contributed by atoms with Crippen molar-refractivity contribution in [3.8, 4) is 0 Å². The van der Waals surface area contributed by atoms with Crippen LogP contribution in [0.1, 0.15) is 26.7 Å². The minimum absolute atomic E-state index is 0.0649. The van der Waals surface area contributed by atoms with E-state index in [0.29, 0.717) is 12.1 Å². The highest BCUT2D eigenvalue weighted by molar-refractivity contribution is 7.99. The highest BCUT2D eigenvalue weighted by Crippen LogP contribution is 2.42. The zero-order valence-corrected chi connectivity index (χ0v) is 17.6. The Morgan fingerprint density at radius 3 is 2.23 bits per heavy atom. The van der Waals surface area contributed by atoms with Gasteiger partial charge in [0.25, 0.3) is 0 Å². The lowest BCUT2D eigenvalue weighted by molar-refractivity contribution is 0.0901. The first-order valence-electron chi connectivity index (χ1n) is 9.90. The minimum Gasteiger partial charge on any atom is -0.294 e. The number of carbonyl (C=O) groups excluding carboxylic acids is 1. The second-order valence-corrected chi connectivity index (χ2v) is 8.43. The summed E-state index contributed by atoms with van der Waals surface area (Å²) in [6.07, 6.45) is 3.18. The molecule has 0 aliphatic heterocycles. The average Bonchev–Trinajstić information content (AvgIpc) is 3.31. The number of hydrogen-bond donors (Lipinski definition) is 0. The molecule has 0 amide bonds. The molecule has 0 fully saturated rings. The molecule has 0 bridgehead atoms. The van der Waals surface area contributed by atoms with Crippen LogP contribution in [-0.4, -0.2) is 20.5 Å². The predicted molar refractivity (Wildman–Crippen MR) is 121 cm³/mol. The Labute approximate surface area is 181 Å². The lowest BCUT2D eigenvalue weighted by atomic mass is 9.90. The number of rotatable bonds is 8. The molecule has 0 N–H and O–H groups in total. The Kier molecular flexibility index (Phi) is 6.40. The van der Waals surface area contributed by atoms with Crippen LogP contribution in [0.4, 0.5) is 0 Å². The van der Waals surface area contributed by atoms with Gasteiger partial charge in [-0.2, -0.15) is 5.10 Å². The molecule has 150 valence electrons. The topological polar surface area (TPSA) is 47.8 Å². The highest BCUT2D eigenvalue weighted by Gasteiger charge is 2.32. The van der Waals surface area contributed by atoms with Gasteiger partial charge >= 0.3 is 0 Å². The van der Waals surface area contributed by atoms with Crippen LogP contribution in [0.15, 0.2) is 102 Å². The third kappa shape index (κ3) is 4.86. The molecule has 2 atom stereocenters. The summed E-state index contributed by atoms with van der Waals surface area (Å²) in [4.78, 5) is 18.9. The fraction of sp³-hybridized carbons (Fsp3) is 0.160. The number of aromatic nitrogens is 3. The van der Waals surface area contributed by atoms with Crippen molar-refractivity contribution in [3.63, 3.8) is 0 Å². The van der Waals surface area contributed by atoms with E-state index < -0.39 is 0 Å². The maximum absolute atomic E-state index is 13.7. The molecular formula is C25H23N3OS. The molecule has 0 unspecified atom stereocenters. The van der Waals surface area contributed by atoms with Crippen LogP contribution in [0.25, 0.3) is 0 Å². The highest BCUT2D eigenvalue weighted by atomic mass is 32.2. The summed E-state index contributed by atoms with van der Waals surface area (Å²) in [6.45, 7) is 2.54. The van der Waals surface area contributed by atoms with Crippen LogP contribution in [-0.2, 0) is 6.54 Å². The Hall–Kier alpha value is -3.18. The van der Waals surface area contributed by atoms with Gasteiger partial charge < -0.3 is 0 Å². The van der Waals surface area contributed by atoms with E-state index >= 15 is 0 Å². The molecule has 4 aromatic rings. The van der Waals surface area contributed by atoms with Crippen LogP contribution in [0.5, 0.6) is 0 Å². The molecule has 0 saturated heterocycles. The van der Waals surface area contributed by atoms with Crippen molar-refractivity contribution in [1.82, 2.24) is 14.8 Å². The van der Waals surface area contributed by atoms with Crippen LogP contribution in [0.3, 0.4) is 0 Å². The third-order valence-electron chi connectivity index (χ3n) is 5.02. The van der Waals surface area contributed by atoms with E-state index in [1.54, 1.807) is 22.8 Å². The molecule has 4 nitrogen and oxygen atoms in total. The average molecular weight is 414 g/mol. The van der Waals surface area contributed by atoms with E-state index in [-0.39, 0.29) is 17.0 Å². The first-order chi connectivity index (χ1) is 14.7. The number of ketones is 1. The van der Waals surface area contributed by atoms with E-state index in [1.165, 1.54) is 11.9 Å². The molecule has 1 aromatic heterocycles. The second-order valence-electron chi connectivity index (χ2n) is 7.22. The van der Waals surface area contributed by atoms with E-state index in [2.05, 4.69) is 53.4 Å². The fourth-order valence-electron chi connectivity index (χ4n) is 3.45. The quantitative estimate of drug-likeness (QED) is 0.278. The van der Waals surface area contributed by atoms with Gasteiger partial charge in [0.15, 0.2) is 5.78 Å². The van der Waals surface area contributed by atoms with Crippen molar-refractivity contribution in [3.05, 3.63) is 114 Å². The van der Waals surface area contributed by atoms with Gasteiger partial charge in [-0.15, -0.1) is 11.8 Å². The summed E-state index contributed by atoms with van der Waals surface area (Å²) in [5.74, 6) is -0.192. The number of aryl methyl sites for hydroxylation is 1. The Morgan fingerprint density at radius 2 is 1.60 bits per heavy atom. The Balaban J connectivity index is 1.76. The van der Waals surface area contributed by atoms with E-state index in [1.807, 2.05) is 48.5 Å². The summed E-state index contributed by atoms with van der Waals surface area (Å²) in [6, 6.07) is 28.2. The minimum atomic E-state index is -0.304. The molecule has 1 heterocycles. The molecule has 3 aromatic carbocycles. The number of Topliss-reactive ketones (excluding diaryl/α,β-unsaturated/α-hetero) is 1. The maximum Gasteiger partial charge on any atom is 0.169 e. The number of carbonyl (C=O) groups is 1. The molecular weight excluding hydrogens is 390 g/mol. The SMILES string of the molecule is Cc1ccc([C@@H](Sc2ccccc2)[C@H](Cn2cncn2)C(=O)c2ccccc2)cc1. The second kappa shape index (κ2) is 9.55. The van der Waals surface area contributed by atoms with Gasteiger partial charge in [0.2, 0.25) is 0 Å². The first-order valence-corrected chi connectivity index (χ1v) is 10.8. The number of benzene rings is 3. The lowest BCUT2D eigenvalue weighted by Gasteiger charge is -2.26. The van der Waals surface area contributed by atoms with Crippen LogP contribution < -0.4 is 0 Å². The molecule has 0 saturated carbocycles. The summed E-state index contributed by atoms with van der Waals surface area (Å²) in [7, 11) is 0. The van der Waals surface area contributed by atoms with Gasteiger partial charge in [0, 0.05) is 15.7 Å². The zero-order valence-electron chi connectivity index (χ0n) is 16.8. The van der Waals surface area contributed by atoms with Gasteiger partial charge in [-0.1, -0.05) is 78.4 Å². The van der Waals surface area contributed by atoms with Crippen molar-refractivity contribution in [2.45, 2.75) is 23.6 Å². The number of thioether (sulfide) groups is 1. The van der Waals surface area contributed by atoms with Crippen molar-refractivity contribution >= 4 is 17.5 Å². The molecule has 30 heavy (non-hydrogen) atoms. The predicted octanol–water partition coefficient (Wildman–Crippen LogP) is 5.62. The van der Waals surface area contributed by atoms with Crippen LogP contribution >= 0.6 is 11.8 Å². The Bertz CT molecular complexity index is 1060. The molecule has 5 heteroatoms. The molecule has 0 spiro atoms. The molecule has 0 aliphatic carbocycles. The van der Waals surface area contributed by atoms with Crippen molar-refractivity contribution < 1.29 is 4.79 Å². The summed E-state index contributed by atoms with van der Waals surface area (Å²) >= 11 is 1.72. The Morgan fingerprint density at radius 1 is 0.933 bits per heavy atom. The van der Waals surface area contributed by atoms with Gasteiger partial charge in [0.05, 0.1) is 12.5 Å². The van der Waals surface area contributed by atoms with Crippen LogP contribution in [0.2, 0.25) is 0 Å². The van der Waals surface area contributed by atoms with Gasteiger partial charge in [-0.3, -0.25) is 9.48 Å². The smallest absolute Gasteiger partial charge is 0.169 e. The zero-order chi connectivity index (χ0) is 20.8. The third-order valence-corrected chi connectivity index (χ3v) is 6.42. The summed E-state index contributed by atoms with van der Waals surface area (Å²) in [5, 5.41) is 4.21. The monoisotopic (exact) mass is 413 g/mol. The number of nitrogens with zero attached hydrogens (tertiary/aromatic N) is 3. The lowest BCUT2D eigenvalue weighted by Crippen LogP contribution is -2.26. The van der Waals surface area contributed by atoms with Crippen molar-refractivity contribution in [1.29, 1.82) is 0 Å². The molecule has 4 rings (SSSR count). The number of hydrogen-bond acceptors (Lipinski definition) is 4. The first kappa shape index (κ1) is 20.1. The molecule has 0 aliphatic rings. The van der Waals surface area contributed by atoms with E-state index in [0.717, 1.165) is 10.5 Å². The van der Waals surface area contributed by atoms with Gasteiger partial charge in [-0.05, 0) is 24.6 Å². The normalized spacial score (nSPS) is 13.0. The van der Waals surface area contributed by atoms with Crippen molar-refractivity contribution in [2.75, 3.05) is 0 Å². The van der Waals surface area contributed by atoms with E-state index in [4.69, 9.17) is 0 Å². The largest absolute Gasteiger partial charge is 0.294 e. The van der Waals surface area contributed by atoms with E-state index in [9.17, 15) is 4.79 Å². The van der Waals surface area contributed by atoms with Crippen LogP contribution in [0, 0.1) is 12.8 Å². The van der Waals surface area contributed by atoms with Crippen molar-refractivity contribution in [2.24, 2.45) is 5.92 Å².